The Labute approximate surface area is 140 Å². The quantitative estimate of drug-likeness (QED) is 0.478. The van der Waals surface area contributed by atoms with E-state index in [0.717, 1.165) is 17.7 Å². The Morgan fingerprint density at radius 3 is 2.70 bits per heavy atom. The van der Waals surface area contributed by atoms with Gasteiger partial charge in [0.2, 0.25) is 0 Å². The lowest BCUT2D eigenvalue weighted by molar-refractivity contribution is 0.317. The Morgan fingerprint density at radius 2 is 1.96 bits per heavy atom. The fourth-order valence-electron chi connectivity index (χ4n) is 1.78. The monoisotopic (exact) mass is 331 g/mol. The third-order valence-corrected chi connectivity index (χ3v) is 3.05. The summed E-state index contributed by atoms with van der Waals surface area (Å²) in [6.07, 6.45) is 2.58. The SMILES string of the molecule is CCCOc1ccccc1C=NNC(=S)Nc1ccc(F)cc1. The number of ether oxygens (including phenoxy) is 1. The average Bonchev–Trinajstić information content (AvgIpc) is 2.56. The van der Waals surface area contributed by atoms with Crippen molar-refractivity contribution in [1.29, 1.82) is 0 Å². The van der Waals surface area contributed by atoms with Crippen molar-refractivity contribution in [3.05, 3.63) is 59.9 Å². The molecule has 0 heterocycles. The molecular formula is C17H18FN3OS. The first-order valence-electron chi connectivity index (χ1n) is 7.26. The van der Waals surface area contributed by atoms with Gasteiger partial charge in [-0.05, 0) is 55.0 Å². The van der Waals surface area contributed by atoms with E-state index < -0.39 is 0 Å². The van der Waals surface area contributed by atoms with E-state index in [2.05, 4.69) is 22.8 Å². The molecule has 120 valence electrons. The zero-order valence-corrected chi connectivity index (χ0v) is 13.6. The lowest BCUT2D eigenvalue weighted by Gasteiger charge is -2.08. The first-order valence-corrected chi connectivity index (χ1v) is 7.67. The van der Waals surface area contributed by atoms with Crippen LogP contribution < -0.4 is 15.5 Å². The molecule has 0 atom stereocenters. The molecule has 2 N–H and O–H groups in total. The maximum absolute atomic E-state index is 12.8. The smallest absolute Gasteiger partial charge is 0.191 e. The second-order valence-corrected chi connectivity index (χ2v) is 5.13. The maximum Gasteiger partial charge on any atom is 0.191 e. The molecule has 4 nitrogen and oxygen atoms in total. The maximum atomic E-state index is 12.8. The number of hydrogen-bond acceptors (Lipinski definition) is 3. The van der Waals surface area contributed by atoms with Crippen LogP contribution in [0.2, 0.25) is 0 Å². The molecule has 0 aromatic heterocycles. The van der Waals surface area contributed by atoms with Gasteiger partial charge in [0, 0.05) is 11.3 Å². The predicted molar refractivity (Wildman–Crippen MR) is 95.6 cm³/mol. The second kappa shape index (κ2) is 8.85. The van der Waals surface area contributed by atoms with Gasteiger partial charge in [0.1, 0.15) is 11.6 Å². The van der Waals surface area contributed by atoms with E-state index in [1.54, 1.807) is 18.3 Å². The van der Waals surface area contributed by atoms with Crippen molar-refractivity contribution < 1.29 is 9.13 Å². The zero-order chi connectivity index (χ0) is 16.5. The number of hydrazone groups is 1. The number of para-hydroxylation sites is 1. The lowest BCUT2D eigenvalue weighted by Crippen LogP contribution is -2.23. The molecule has 2 aromatic carbocycles. The van der Waals surface area contributed by atoms with E-state index in [1.807, 2.05) is 24.3 Å². The fourth-order valence-corrected chi connectivity index (χ4v) is 1.95. The van der Waals surface area contributed by atoms with Crippen molar-refractivity contribution in [3.8, 4) is 5.75 Å². The molecule has 0 amide bonds. The van der Waals surface area contributed by atoms with Crippen LogP contribution in [0.5, 0.6) is 5.75 Å². The third kappa shape index (κ3) is 5.67. The van der Waals surface area contributed by atoms with Gasteiger partial charge in [0.15, 0.2) is 5.11 Å². The van der Waals surface area contributed by atoms with Crippen LogP contribution in [0.15, 0.2) is 53.6 Å². The average molecular weight is 331 g/mol. The van der Waals surface area contributed by atoms with Crippen LogP contribution in [-0.4, -0.2) is 17.9 Å². The lowest BCUT2D eigenvalue weighted by atomic mass is 10.2. The van der Waals surface area contributed by atoms with Gasteiger partial charge in [0.05, 0.1) is 12.8 Å². The molecule has 23 heavy (non-hydrogen) atoms. The summed E-state index contributed by atoms with van der Waals surface area (Å²) in [6, 6.07) is 13.5. The molecule has 0 unspecified atom stereocenters. The van der Waals surface area contributed by atoms with Crippen LogP contribution in [0, 0.1) is 5.82 Å². The van der Waals surface area contributed by atoms with E-state index in [0.29, 0.717) is 17.4 Å². The number of halogens is 1. The van der Waals surface area contributed by atoms with Crippen molar-refractivity contribution in [1.82, 2.24) is 5.43 Å². The fraction of sp³-hybridized carbons (Fsp3) is 0.176. The van der Waals surface area contributed by atoms with Crippen molar-refractivity contribution in [3.63, 3.8) is 0 Å². The first-order chi connectivity index (χ1) is 11.2. The van der Waals surface area contributed by atoms with Crippen molar-refractivity contribution >= 4 is 29.2 Å². The van der Waals surface area contributed by atoms with Gasteiger partial charge in [0.25, 0.3) is 0 Å². The van der Waals surface area contributed by atoms with Gasteiger partial charge in [-0.25, -0.2) is 4.39 Å². The molecule has 6 heteroatoms. The molecule has 0 fully saturated rings. The molecule has 0 aliphatic carbocycles. The zero-order valence-electron chi connectivity index (χ0n) is 12.8. The Bertz CT molecular complexity index is 674. The van der Waals surface area contributed by atoms with Crippen molar-refractivity contribution in [2.75, 3.05) is 11.9 Å². The molecule has 0 aliphatic heterocycles. The standard InChI is InChI=1S/C17H18FN3OS/c1-2-11-22-16-6-4-3-5-13(16)12-19-21-17(23)20-15-9-7-14(18)8-10-15/h3-10,12H,2,11H2,1H3,(H2,20,21,23). The molecule has 0 bridgehead atoms. The number of nitrogens with one attached hydrogen (secondary N) is 2. The van der Waals surface area contributed by atoms with E-state index in [9.17, 15) is 4.39 Å². The van der Waals surface area contributed by atoms with Gasteiger partial charge in [-0.1, -0.05) is 19.1 Å². The molecule has 0 aliphatic rings. The normalized spacial score (nSPS) is 10.5. The summed E-state index contributed by atoms with van der Waals surface area (Å²) in [5.41, 5.74) is 4.26. The Hall–Kier alpha value is -2.47. The van der Waals surface area contributed by atoms with E-state index in [4.69, 9.17) is 17.0 Å². The third-order valence-electron chi connectivity index (χ3n) is 2.85. The minimum absolute atomic E-state index is 0.295. The van der Waals surface area contributed by atoms with E-state index >= 15 is 0 Å². The van der Waals surface area contributed by atoms with E-state index in [1.165, 1.54) is 12.1 Å². The van der Waals surface area contributed by atoms with Gasteiger partial charge < -0.3 is 10.1 Å². The topological polar surface area (TPSA) is 45.6 Å². The number of anilines is 1. The van der Waals surface area contributed by atoms with E-state index in [-0.39, 0.29) is 5.82 Å². The van der Waals surface area contributed by atoms with Crippen LogP contribution in [-0.2, 0) is 0 Å². The summed E-state index contributed by atoms with van der Waals surface area (Å²) in [5.74, 6) is 0.480. The Balaban J connectivity index is 1.91. The summed E-state index contributed by atoms with van der Waals surface area (Å²) in [6.45, 7) is 2.71. The predicted octanol–water partition coefficient (Wildman–Crippen LogP) is 3.94. The number of nitrogens with zero attached hydrogens (tertiary/aromatic N) is 1. The molecule has 2 rings (SSSR count). The number of thiocarbonyl (C=S) groups is 1. The molecule has 0 spiro atoms. The summed E-state index contributed by atoms with van der Waals surface area (Å²) in [5, 5.41) is 7.32. The highest BCUT2D eigenvalue weighted by Gasteiger charge is 2.00. The van der Waals surface area contributed by atoms with Crippen molar-refractivity contribution in [2.24, 2.45) is 5.10 Å². The molecular weight excluding hydrogens is 313 g/mol. The number of hydrogen-bond donors (Lipinski definition) is 2. The van der Waals surface area contributed by atoms with Crippen LogP contribution in [0.4, 0.5) is 10.1 Å². The summed E-state index contributed by atoms with van der Waals surface area (Å²) in [7, 11) is 0. The van der Waals surface area contributed by atoms with Gasteiger partial charge in [-0.15, -0.1) is 0 Å². The molecule has 0 saturated heterocycles. The highest BCUT2D eigenvalue weighted by molar-refractivity contribution is 7.80. The summed E-state index contributed by atoms with van der Waals surface area (Å²) >= 11 is 5.13. The van der Waals surface area contributed by atoms with Crippen LogP contribution in [0.25, 0.3) is 0 Å². The Morgan fingerprint density at radius 1 is 1.22 bits per heavy atom. The first kappa shape index (κ1) is 16.9. The molecule has 0 saturated carbocycles. The van der Waals surface area contributed by atoms with Crippen LogP contribution >= 0.6 is 12.2 Å². The Kier molecular flexibility index (Phi) is 6.50. The second-order valence-electron chi connectivity index (χ2n) is 4.72. The number of rotatable bonds is 6. The van der Waals surface area contributed by atoms with Gasteiger partial charge in [-0.3, -0.25) is 5.43 Å². The van der Waals surface area contributed by atoms with Crippen LogP contribution in [0.3, 0.4) is 0 Å². The van der Waals surface area contributed by atoms with Gasteiger partial charge >= 0.3 is 0 Å². The number of benzene rings is 2. The largest absolute Gasteiger partial charge is 0.493 e. The minimum Gasteiger partial charge on any atom is -0.493 e. The highest BCUT2D eigenvalue weighted by atomic mass is 32.1. The van der Waals surface area contributed by atoms with Crippen LogP contribution in [0.1, 0.15) is 18.9 Å². The minimum atomic E-state index is -0.295. The summed E-state index contributed by atoms with van der Waals surface area (Å²) in [4.78, 5) is 0. The van der Waals surface area contributed by atoms with Crippen molar-refractivity contribution in [2.45, 2.75) is 13.3 Å². The summed E-state index contributed by atoms with van der Waals surface area (Å²) < 4.78 is 18.5. The van der Waals surface area contributed by atoms with Gasteiger partial charge in [-0.2, -0.15) is 5.10 Å². The highest BCUT2D eigenvalue weighted by Crippen LogP contribution is 2.15. The molecule has 2 aromatic rings. The molecule has 0 radical (unpaired) electrons.